The van der Waals surface area contributed by atoms with Crippen LogP contribution in [0.2, 0.25) is 0 Å². The van der Waals surface area contributed by atoms with E-state index in [0.717, 1.165) is 0 Å². The van der Waals surface area contributed by atoms with E-state index in [0.29, 0.717) is 57.8 Å². The minimum absolute atomic E-state index is 0.207. The maximum atomic E-state index is 13.3. The number of rotatable bonds is 6. The Hall–Kier alpha value is -4.20. The van der Waals surface area contributed by atoms with Crippen molar-refractivity contribution in [1.82, 2.24) is 0 Å². The third-order valence-electron chi connectivity index (χ3n) is 5.33. The van der Waals surface area contributed by atoms with E-state index < -0.39 is 5.91 Å². The van der Waals surface area contributed by atoms with E-state index in [9.17, 15) is 9.59 Å². The number of carbonyl (C=O) groups excluding carboxylic acids is 2. The van der Waals surface area contributed by atoms with Crippen molar-refractivity contribution in [2.24, 2.45) is 0 Å². The lowest BCUT2D eigenvalue weighted by molar-refractivity contribution is 0.0985. The lowest BCUT2D eigenvalue weighted by Gasteiger charge is -2.20. The zero-order valence-corrected chi connectivity index (χ0v) is 18.8. The van der Waals surface area contributed by atoms with Crippen molar-refractivity contribution in [1.29, 1.82) is 0 Å². The van der Waals surface area contributed by atoms with Crippen molar-refractivity contribution >= 4 is 23.2 Å². The first kappa shape index (κ1) is 22.0. The van der Waals surface area contributed by atoms with E-state index in [-0.39, 0.29) is 5.91 Å². The first-order valence-electron chi connectivity index (χ1n) is 10.3. The molecule has 0 aliphatic carbocycles. The van der Waals surface area contributed by atoms with Crippen molar-refractivity contribution in [3.05, 3.63) is 65.7 Å². The molecule has 1 aliphatic rings. The Morgan fingerprint density at radius 3 is 2.27 bits per heavy atom. The van der Waals surface area contributed by atoms with Crippen LogP contribution >= 0.6 is 0 Å². The molecule has 0 bridgehead atoms. The fourth-order valence-corrected chi connectivity index (χ4v) is 3.73. The smallest absolute Gasteiger partial charge is 0.262 e. The first-order valence-corrected chi connectivity index (χ1v) is 10.3. The molecule has 3 aromatic carbocycles. The molecule has 0 unspecified atom stereocenters. The van der Waals surface area contributed by atoms with Gasteiger partial charge in [-0.25, -0.2) is 0 Å². The third-order valence-corrected chi connectivity index (χ3v) is 5.33. The predicted octanol–water partition coefficient (Wildman–Crippen LogP) is 4.74. The van der Waals surface area contributed by atoms with Gasteiger partial charge in [0, 0.05) is 17.8 Å². The molecule has 4 rings (SSSR count). The molecule has 3 aromatic rings. The Balaban J connectivity index is 1.66. The molecule has 1 heterocycles. The molecule has 8 nitrogen and oxygen atoms in total. The molecule has 1 N–H and O–H groups in total. The van der Waals surface area contributed by atoms with Crippen LogP contribution in [0.15, 0.2) is 54.6 Å². The second-order valence-corrected chi connectivity index (χ2v) is 7.20. The molecule has 33 heavy (non-hydrogen) atoms. The summed E-state index contributed by atoms with van der Waals surface area (Å²) >= 11 is 0. The number of anilines is 2. The molecule has 2 amide bonds. The van der Waals surface area contributed by atoms with Gasteiger partial charge in [0.15, 0.2) is 17.2 Å². The number of para-hydroxylation sites is 2. The van der Waals surface area contributed by atoms with Crippen molar-refractivity contribution in [2.75, 3.05) is 38.1 Å². The summed E-state index contributed by atoms with van der Waals surface area (Å²) in [7, 11) is 4.45. The normalized spacial score (nSPS) is 12.1. The van der Waals surface area contributed by atoms with Gasteiger partial charge in [0.25, 0.3) is 11.8 Å². The molecule has 0 spiro atoms. The number of hydrogen-bond donors (Lipinski definition) is 1. The Kier molecular flexibility index (Phi) is 6.08. The van der Waals surface area contributed by atoms with Crippen LogP contribution in [0, 0.1) is 0 Å². The van der Waals surface area contributed by atoms with Crippen LogP contribution in [0.4, 0.5) is 11.4 Å². The fourth-order valence-electron chi connectivity index (χ4n) is 3.73. The van der Waals surface area contributed by atoms with E-state index in [1.807, 2.05) is 31.2 Å². The number of nitrogens with one attached hydrogen (secondary N) is 1. The lowest BCUT2D eigenvalue weighted by atomic mass is 10.1. The van der Waals surface area contributed by atoms with Gasteiger partial charge in [-0.2, -0.15) is 0 Å². The summed E-state index contributed by atoms with van der Waals surface area (Å²) in [5, 5.41) is 2.83. The number of fused-ring (bicyclic) bond motifs is 2. The molecule has 0 fully saturated rings. The van der Waals surface area contributed by atoms with Crippen LogP contribution in [0.3, 0.4) is 0 Å². The van der Waals surface area contributed by atoms with Crippen molar-refractivity contribution in [3.63, 3.8) is 0 Å². The Morgan fingerprint density at radius 2 is 1.64 bits per heavy atom. The van der Waals surface area contributed by atoms with E-state index in [2.05, 4.69) is 5.32 Å². The molecule has 1 aliphatic heterocycles. The van der Waals surface area contributed by atoms with Gasteiger partial charge in [-0.1, -0.05) is 12.1 Å². The summed E-state index contributed by atoms with van der Waals surface area (Å²) in [6.45, 7) is 2.37. The average Bonchev–Trinajstić information content (AvgIpc) is 2.96. The highest BCUT2D eigenvalue weighted by atomic mass is 16.5. The van der Waals surface area contributed by atoms with Gasteiger partial charge in [0.2, 0.25) is 5.75 Å². The highest BCUT2D eigenvalue weighted by Gasteiger charge is 2.27. The summed E-state index contributed by atoms with van der Waals surface area (Å²) in [6, 6.07) is 15.5. The van der Waals surface area contributed by atoms with Crippen LogP contribution < -0.4 is 29.2 Å². The highest BCUT2D eigenvalue weighted by molar-refractivity contribution is 6.11. The number of benzene rings is 3. The molecule has 0 radical (unpaired) electrons. The maximum absolute atomic E-state index is 13.3. The quantitative estimate of drug-likeness (QED) is 0.586. The predicted molar refractivity (Wildman–Crippen MR) is 124 cm³/mol. The SMILES string of the molecule is CCN1C(=O)c2cc(NC(=O)c3cc(OC)c(OC)c(OC)c3)ccc2Oc2ccccc21. The minimum Gasteiger partial charge on any atom is -0.493 e. The van der Waals surface area contributed by atoms with Crippen LogP contribution in [-0.4, -0.2) is 39.7 Å². The Morgan fingerprint density at radius 1 is 0.939 bits per heavy atom. The van der Waals surface area contributed by atoms with Gasteiger partial charge >= 0.3 is 0 Å². The topological polar surface area (TPSA) is 86.3 Å². The second kappa shape index (κ2) is 9.12. The van der Waals surface area contributed by atoms with Crippen molar-refractivity contribution in [3.8, 4) is 28.7 Å². The third kappa shape index (κ3) is 4.03. The number of carbonyl (C=O) groups is 2. The van der Waals surface area contributed by atoms with Gasteiger partial charge in [-0.3, -0.25) is 9.59 Å². The number of hydrogen-bond acceptors (Lipinski definition) is 6. The molecule has 0 saturated heterocycles. The zero-order chi connectivity index (χ0) is 23.5. The maximum Gasteiger partial charge on any atom is 0.262 e. The zero-order valence-electron chi connectivity index (χ0n) is 18.8. The van der Waals surface area contributed by atoms with Crippen LogP contribution in [0.25, 0.3) is 0 Å². The molecule has 0 atom stereocenters. The average molecular weight is 448 g/mol. The number of amides is 2. The Labute approximate surface area is 191 Å². The molecular formula is C25H24N2O6. The van der Waals surface area contributed by atoms with E-state index in [4.69, 9.17) is 18.9 Å². The summed E-state index contributed by atoms with van der Waals surface area (Å²) in [4.78, 5) is 27.9. The molecular weight excluding hydrogens is 424 g/mol. The summed E-state index contributed by atoms with van der Waals surface area (Å²) < 4.78 is 22.0. The van der Waals surface area contributed by atoms with Crippen LogP contribution in [-0.2, 0) is 0 Å². The fraction of sp³-hybridized carbons (Fsp3) is 0.200. The standard InChI is InChI=1S/C25H24N2O6/c1-5-27-18-8-6-7-9-20(18)33-19-11-10-16(14-17(19)25(27)29)26-24(28)15-12-21(30-2)23(32-4)22(13-15)31-3/h6-14H,5H2,1-4H3,(H,26,28). The van der Waals surface area contributed by atoms with E-state index in [1.54, 1.807) is 35.2 Å². The number of nitrogens with zero attached hydrogens (tertiary/aromatic N) is 1. The summed E-state index contributed by atoms with van der Waals surface area (Å²) in [5.41, 5.74) is 1.82. The minimum atomic E-state index is -0.396. The monoisotopic (exact) mass is 448 g/mol. The van der Waals surface area contributed by atoms with Gasteiger partial charge in [0.1, 0.15) is 5.75 Å². The lowest BCUT2D eigenvalue weighted by Crippen LogP contribution is -2.29. The highest BCUT2D eigenvalue weighted by Crippen LogP contribution is 2.40. The van der Waals surface area contributed by atoms with Gasteiger partial charge in [-0.05, 0) is 49.4 Å². The van der Waals surface area contributed by atoms with Crippen molar-refractivity contribution in [2.45, 2.75) is 6.92 Å². The van der Waals surface area contributed by atoms with Gasteiger partial charge < -0.3 is 29.2 Å². The van der Waals surface area contributed by atoms with Crippen molar-refractivity contribution < 1.29 is 28.5 Å². The first-order chi connectivity index (χ1) is 16.0. The number of ether oxygens (including phenoxy) is 4. The number of methoxy groups -OCH3 is 3. The summed E-state index contributed by atoms with van der Waals surface area (Å²) in [5.74, 6) is 1.54. The van der Waals surface area contributed by atoms with Gasteiger partial charge in [0.05, 0.1) is 32.6 Å². The second-order valence-electron chi connectivity index (χ2n) is 7.20. The van der Waals surface area contributed by atoms with E-state index >= 15 is 0 Å². The van der Waals surface area contributed by atoms with Crippen LogP contribution in [0.1, 0.15) is 27.6 Å². The molecule has 0 aromatic heterocycles. The molecule has 170 valence electrons. The van der Waals surface area contributed by atoms with E-state index in [1.165, 1.54) is 21.3 Å². The Bertz CT molecular complexity index is 1200. The van der Waals surface area contributed by atoms with Crippen LogP contribution in [0.5, 0.6) is 28.7 Å². The van der Waals surface area contributed by atoms with Gasteiger partial charge in [-0.15, -0.1) is 0 Å². The summed E-state index contributed by atoms with van der Waals surface area (Å²) in [6.07, 6.45) is 0. The largest absolute Gasteiger partial charge is 0.493 e. The molecule has 8 heteroatoms. The molecule has 0 saturated carbocycles.